The molecule has 22 heavy (non-hydrogen) atoms. The Hall–Kier alpha value is -2.36. The number of amides is 1. The number of methoxy groups -OCH3 is 1. The average Bonchev–Trinajstić information content (AvgIpc) is 2.52. The molecular formula is C18H22N2O2. The fraction of sp³-hybridized carbons (Fsp3) is 0.333. The zero-order valence-corrected chi connectivity index (χ0v) is 13.5. The molecule has 1 aromatic carbocycles. The maximum Gasteiger partial charge on any atom is 0.251 e. The summed E-state index contributed by atoms with van der Waals surface area (Å²) in [5, 5.41) is 2.92. The molecule has 1 aromatic heterocycles. The molecular weight excluding hydrogens is 276 g/mol. The summed E-state index contributed by atoms with van der Waals surface area (Å²) in [5.41, 5.74) is 2.77. The van der Waals surface area contributed by atoms with E-state index in [-0.39, 0.29) is 11.3 Å². The van der Waals surface area contributed by atoms with Crippen LogP contribution in [0.3, 0.4) is 0 Å². The Morgan fingerprint density at radius 2 is 1.86 bits per heavy atom. The minimum Gasteiger partial charge on any atom is -0.496 e. The van der Waals surface area contributed by atoms with Gasteiger partial charge in [0.05, 0.1) is 7.11 Å². The summed E-state index contributed by atoms with van der Waals surface area (Å²) >= 11 is 0. The van der Waals surface area contributed by atoms with Gasteiger partial charge in [0.25, 0.3) is 5.91 Å². The van der Waals surface area contributed by atoms with Crippen LogP contribution in [0.4, 0.5) is 0 Å². The molecule has 0 aliphatic carbocycles. The lowest BCUT2D eigenvalue weighted by atomic mass is 9.85. The van der Waals surface area contributed by atoms with Crippen molar-refractivity contribution in [3.8, 4) is 5.75 Å². The van der Waals surface area contributed by atoms with E-state index in [1.54, 1.807) is 31.6 Å². The summed E-state index contributed by atoms with van der Waals surface area (Å²) in [5.74, 6) is 0.771. The Kier molecular flexibility index (Phi) is 4.81. The molecule has 4 nitrogen and oxygen atoms in total. The number of hydrogen-bond donors (Lipinski definition) is 1. The van der Waals surface area contributed by atoms with Crippen LogP contribution >= 0.6 is 0 Å². The summed E-state index contributed by atoms with van der Waals surface area (Å²) in [7, 11) is 1.68. The van der Waals surface area contributed by atoms with Crippen LogP contribution in [0.1, 0.15) is 42.3 Å². The van der Waals surface area contributed by atoms with E-state index in [1.165, 1.54) is 0 Å². The van der Waals surface area contributed by atoms with E-state index in [0.717, 1.165) is 16.9 Å². The molecule has 0 saturated carbocycles. The van der Waals surface area contributed by atoms with E-state index < -0.39 is 0 Å². The molecule has 2 rings (SSSR count). The number of nitrogens with zero attached hydrogens (tertiary/aromatic N) is 1. The highest BCUT2D eigenvalue weighted by molar-refractivity contribution is 5.93. The Balaban J connectivity index is 2.12. The number of carbonyl (C=O) groups excluding carboxylic acids is 1. The highest BCUT2D eigenvalue weighted by Gasteiger charge is 2.19. The van der Waals surface area contributed by atoms with Crippen molar-refractivity contribution in [3.05, 3.63) is 59.4 Å². The van der Waals surface area contributed by atoms with Gasteiger partial charge in [0.2, 0.25) is 0 Å². The molecule has 1 heterocycles. The van der Waals surface area contributed by atoms with Gasteiger partial charge in [0, 0.05) is 24.5 Å². The van der Waals surface area contributed by atoms with Gasteiger partial charge in [-0.25, -0.2) is 0 Å². The lowest BCUT2D eigenvalue weighted by molar-refractivity contribution is 0.0951. The van der Waals surface area contributed by atoms with Crippen LogP contribution in [0.5, 0.6) is 5.75 Å². The van der Waals surface area contributed by atoms with Gasteiger partial charge in [-0.2, -0.15) is 0 Å². The first-order valence-corrected chi connectivity index (χ1v) is 7.27. The van der Waals surface area contributed by atoms with E-state index >= 15 is 0 Å². The van der Waals surface area contributed by atoms with Gasteiger partial charge in [-0.05, 0) is 40.8 Å². The summed E-state index contributed by atoms with van der Waals surface area (Å²) in [6.07, 6.45) is 3.22. The Bertz CT molecular complexity index is 646. The predicted molar refractivity (Wildman–Crippen MR) is 87.1 cm³/mol. The van der Waals surface area contributed by atoms with Crippen molar-refractivity contribution in [3.63, 3.8) is 0 Å². The second-order valence-electron chi connectivity index (χ2n) is 6.20. The quantitative estimate of drug-likeness (QED) is 0.942. The molecule has 0 aliphatic heterocycles. The first-order valence-electron chi connectivity index (χ1n) is 7.27. The molecule has 4 heteroatoms. The molecule has 0 spiro atoms. The van der Waals surface area contributed by atoms with E-state index in [0.29, 0.717) is 12.1 Å². The molecule has 1 N–H and O–H groups in total. The van der Waals surface area contributed by atoms with E-state index in [1.807, 2.05) is 12.1 Å². The molecule has 0 radical (unpaired) electrons. The number of nitrogens with one attached hydrogen (secondary N) is 1. The van der Waals surface area contributed by atoms with Crippen molar-refractivity contribution in [2.45, 2.75) is 32.7 Å². The van der Waals surface area contributed by atoms with Crippen LogP contribution in [-0.2, 0) is 12.0 Å². The normalized spacial score (nSPS) is 11.1. The summed E-state index contributed by atoms with van der Waals surface area (Å²) < 4.78 is 5.43. The zero-order valence-electron chi connectivity index (χ0n) is 13.5. The SMILES string of the molecule is COc1ccc(CNC(=O)c2ccncc2)cc1C(C)(C)C. The smallest absolute Gasteiger partial charge is 0.251 e. The van der Waals surface area contributed by atoms with Gasteiger partial charge in [-0.3, -0.25) is 9.78 Å². The molecule has 0 saturated heterocycles. The lowest BCUT2D eigenvalue weighted by Gasteiger charge is -2.23. The summed E-state index contributed by atoms with van der Waals surface area (Å²) in [6, 6.07) is 9.41. The van der Waals surface area contributed by atoms with Crippen molar-refractivity contribution in [1.82, 2.24) is 10.3 Å². The van der Waals surface area contributed by atoms with Crippen LogP contribution in [0.2, 0.25) is 0 Å². The van der Waals surface area contributed by atoms with Crippen LogP contribution in [0.25, 0.3) is 0 Å². The van der Waals surface area contributed by atoms with Crippen molar-refractivity contribution < 1.29 is 9.53 Å². The minimum atomic E-state index is -0.101. The molecule has 0 bridgehead atoms. The van der Waals surface area contributed by atoms with Gasteiger partial charge in [0.15, 0.2) is 0 Å². The van der Waals surface area contributed by atoms with Crippen LogP contribution in [0, 0.1) is 0 Å². The van der Waals surface area contributed by atoms with E-state index in [9.17, 15) is 4.79 Å². The van der Waals surface area contributed by atoms with E-state index in [2.05, 4.69) is 37.1 Å². The van der Waals surface area contributed by atoms with Crippen LogP contribution in [-0.4, -0.2) is 18.0 Å². The summed E-state index contributed by atoms with van der Waals surface area (Å²) in [6.45, 7) is 6.91. The van der Waals surface area contributed by atoms with Crippen molar-refractivity contribution >= 4 is 5.91 Å². The third-order valence-corrected chi connectivity index (χ3v) is 3.47. The van der Waals surface area contributed by atoms with Gasteiger partial charge >= 0.3 is 0 Å². The molecule has 2 aromatic rings. The fourth-order valence-electron chi connectivity index (χ4n) is 2.24. The first kappa shape index (κ1) is 16.0. The predicted octanol–water partition coefficient (Wildman–Crippen LogP) is 3.32. The molecule has 0 atom stereocenters. The van der Waals surface area contributed by atoms with Gasteiger partial charge in [-0.1, -0.05) is 26.8 Å². The van der Waals surface area contributed by atoms with E-state index in [4.69, 9.17) is 4.74 Å². The summed E-state index contributed by atoms with van der Waals surface area (Å²) in [4.78, 5) is 16.0. The Labute approximate surface area is 131 Å². The maximum absolute atomic E-state index is 12.1. The second kappa shape index (κ2) is 6.60. The second-order valence-corrected chi connectivity index (χ2v) is 6.20. The maximum atomic E-state index is 12.1. The standard InChI is InChI=1S/C18H22N2O2/c1-18(2,3)15-11-13(5-6-16(15)22-4)12-20-17(21)14-7-9-19-10-8-14/h5-11H,12H2,1-4H3,(H,20,21). The fourth-order valence-corrected chi connectivity index (χ4v) is 2.24. The van der Waals surface area contributed by atoms with Gasteiger partial charge in [0.1, 0.15) is 5.75 Å². The molecule has 1 amide bonds. The zero-order chi connectivity index (χ0) is 16.2. The number of carbonyl (C=O) groups is 1. The molecule has 0 fully saturated rings. The van der Waals surface area contributed by atoms with Crippen molar-refractivity contribution in [2.75, 3.05) is 7.11 Å². The molecule has 0 unspecified atom stereocenters. The highest BCUT2D eigenvalue weighted by atomic mass is 16.5. The number of hydrogen-bond acceptors (Lipinski definition) is 3. The van der Waals surface area contributed by atoms with Crippen molar-refractivity contribution in [2.24, 2.45) is 0 Å². The number of aromatic nitrogens is 1. The number of ether oxygens (including phenoxy) is 1. The van der Waals surface area contributed by atoms with Crippen LogP contribution < -0.4 is 10.1 Å². The average molecular weight is 298 g/mol. The topological polar surface area (TPSA) is 51.2 Å². The highest BCUT2D eigenvalue weighted by Crippen LogP contribution is 2.31. The van der Waals surface area contributed by atoms with Crippen LogP contribution in [0.15, 0.2) is 42.7 Å². The molecule has 116 valence electrons. The third kappa shape index (κ3) is 3.85. The third-order valence-electron chi connectivity index (χ3n) is 3.47. The Morgan fingerprint density at radius 1 is 1.18 bits per heavy atom. The number of rotatable bonds is 4. The van der Waals surface area contributed by atoms with Gasteiger partial charge in [-0.15, -0.1) is 0 Å². The monoisotopic (exact) mass is 298 g/mol. The lowest BCUT2D eigenvalue weighted by Crippen LogP contribution is -2.23. The minimum absolute atomic E-state index is 0.0174. The largest absolute Gasteiger partial charge is 0.496 e. The molecule has 0 aliphatic rings. The van der Waals surface area contributed by atoms with Crippen molar-refractivity contribution in [1.29, 1.82) is 0 Å². The van der Waals surface area contributed by atoms with Gasteiger partial charge < -0.3 is 10.1 Å². The Morgan fingerprint density at radius 3 is 2.45 bits per heavy atom. The first-order chi connectivity index (χ1) is 10.4. The number of pyridine rings is 1. The number of benzene rings is 1.